The summed E-state index contributed by atoms with van der Waals surface area (Å²) in [7, 11) is 3.82. The number of anilines is 1. The number of nitrogens with one attached hydrogen (secondary N) is 1. The third kappa shape index (κ3) is 5.93. The largest absolute Gasteiger partial charge is 0.497 e. The summed E-state index contributed by atoms with van der Waals surface area (Å²) in [5, 5.41) is 3.12. The molecule has 0 radical (unpaired) electrons. The van der Waals surface area contributed by atoms with Gasteiger partial charge in [0.2, 0.25) is 11.8 Å². The number of benzene rings is 2. The Bertz CT molecular complexity index is 953. The second-order valence-electron chi connectivity index (χ2n) is 9.38. The molecule has 0 spiro atoms. The minimum Gasteiger partial charge on any atom is -0.497 e. The number of carbonyl (C=O) groups is 2. The first-order valence-corrected chi connectivity index (χ1v) is 12.0. The summed E-state index contributed by atoms with van der Waals surface area (Å²) in [4.78, 5) is 29.8. The normalized spacial score (nSPS) is 19.2. The van der Waals surface area contributed by atoms with Crippen LogP contribution in [0.5, 0.6) is 5.75 Å². The summed E-state index contributed by atoms with van der Waals surface area (Å²) in [6.45, 7) is 1.77. The number of methoxy groups -OCH3 is 1. The molecule has 6 nitrogen and oxygen atoms in total. The topological polar surface area (TPSA) is 61.9 Å². The number of para-hydroxylation sites is 1. The maximum Gasteiger partial charge on any atom is 0.229 e. The fraction of sp³-hybridized carbons (Fsp3) is 0.481. The molecule has 1 saturated carbocycles. The third-order valence-corrected chi connectivity index (χ3v) is 7.01. The van der Waals surface area contributed by atoms with Gasteiger partial charge >= 0.3 is 0 Å². The van der Waals surface area contributed by atoms with E-state index in [0.29, 0.717) is 19.1 Å². The van der Waals surface area contributed by atoms with Crippen LogP contribution in [0.3, 0.4) is 0 Å². The van der Waals surface area contributed by atoms with E-state index in [1.54, 1.807) is 12.0 Å². The van der Waals surface area contributed by atoms with Crippen LogP contribution in [0, 0.1) is 5.92 Å². The third-order valence-electron chi connectivity index (χ3n) is 7.01. The molecular formula is C27H35N3O3. The van der Waals surface area contributed by atoms with Crippen molar-refractivity contribution >= 4 is 17.5 Å². The molecular weight excluding hydrogens is 414 g/mol. The highest BCUT2D eigenvalue weighted by molar-refractivity contribution is 5.97. The summed E-state index contributed by atoms with van der Waals surface area (Å²) in [5.41, 5.74) is 3.01. The SMILES string of the molecule is COc1ccc(CN2CC(C(=O)Nc3ccccc3CN(C)C3CCCCC3)CC2=O)cc1. The van der Waals surface area contributed by atoms with Crippen molar-refractivity contribution in [1.29, 1.82) is 0 Å². The van der Waals surface area contributed by atoms with Gasteiger partial charge in [-0.3, -0.25) is 14.5 Å². The van der Waals surface area contributed by atoms with E-state index in [9.17, 15) is 9.59 Å². The highest BCUT2D eigenvalue weighted by atomic mass is 16.5. The molecule has 1 aliphatic heterocycles. The summed E-state index contributed by atoms with van der Waals surface area (Å²) >= 11 is 0. The first kappa shape index (κ1) is 23.3. The van der Waals surface area contributed by atoms with Crippen molar-refractivity contribution in [3.8, 4) is 5.75 Å². The average Bonchev–Trinajstić information content (AvgIpc) is 3.21. The van der Waals surface area contributed by atoms with E-state index in [2.05, 4.69) is 23.3 Å². The van der Waals surface area contributed by atoms with Gasteiger partial charge < -0.3 is 15.0 Å². The van der Waals surface area contributed by atoms with Crippen LogP contribution in [0.25, 0.3) is 0 Å². The first-order valence-electron chi connectivity index (χ1n) is 12.0. The van der Waals surface area contributed by atoms with Gasteiger partial charge in [0.05, 0.1) is 13.0 Å². The van der Waals surface area contributed by atoms with E-state index >= 15 is 0 Å². The summed E-state index contributed by atoms with van der Waals surface area (Å²) < 4.78 is 5.20. The minimum absolute atomic E-state index is 0.0243. The molecule has 2 aromatic carbocycles. The Morgan fingerprint density at radius 1 is 1.09 bits per heavy atom. The highest BCUT2D eigenvalue weighted by Gasteiger charge is 2.34. The Labute approximate surface area is 196 Å². The lowest BCUT2D eigenvalue weighted by atomic mass is 9.94. The van der Waals surface area contributed by atoms with E-state index in [0.717, 1.165) is 29.1 Å². The monoisotopic (exact) mass is 449 g/mol. The van der Waals surface area contributed by atoms with Gasteiger partial charge in [0.25, 0.3) is 0 Å². The van der Waals surface area contributed by atoms with Crippen molar-refractivity contribution in [3.05, 3.63) is 59.7 Å². The number of amides is 2. The number of nitrogens with zero attached hydrogens (tertiary/aromatic N) is 2. The van der Waals surface area contributed by atoms with Crippen LogP contribution in [0.4, 0.5) is 5.69 Å². The molecule has 2 aliphatic rings. The molecule has 2 amide bonds. The lowest BCUT2D eigenvalue weighted by Crippen LogP contribution is -2.33. The number of likely N-dealkylation sites (tertiary alicyclic amines) is 1. The molecule has 6 heteroatoms. The number of ether oxygens (including phenoxy) is 1. The summed E-state index contributed by atoms with van der Waals surface area (Å²) in [6.07, 6.45) is 6.70. The number of hydrogen-bond acceptors (Lipinski definition) is 4. The van der Waals surface area contributed by atoms with Crippen LogP contribution >= 0.6 is 0 Å². The van der Waals surface area contributed by atoms with Crippen LogP contribution in [0.1, 0.15) is 49.7 Å². The van der Waals surface area contributed by atoms with Crippen LogP contribution < -0.4 is 10.1 Å². The van der Waals surface area contributed by atoms with Crippen molar-refractivity contribution in [2.45, 2.75) is 57.7 Å². The van der Waals surface area contributed by atoms with E-state index in [-0.39, 0.29) is 24.2 Å². The number of hydrogen-bond donors (Lipinski definition) is 1. The van der Waals surface area contributed by atoms with Crippen molar-refractivity contribution in [2.75, 3.05) is 26.0 Å². The van der Waals surface area contributed by atoms with E-state index in [1.807, 2.05) is 42.5 Å². The average molecular weight is 450 g/mol. The van der Waals surface area contributed by atoms with Crippen molar-refractivity contribution in [1.82, 2.24) is 9.80 Å². The molecule has 176 valence electrons. The Kier molecular flexibility index (Phi) is 7.65. The molecule has 1 aliphatic carbocycles. The van der Waals surface area contributed by atoms with Gasteiger partial charge in [-0.05, 0) is 49.2 Å². The van der Waals surface area contributed by atoms with Gasteiger partial charge in [-0.1, -0.05) is 49.6 Å². The zero-order chi connectivity index (χ0) is 23.2. The highest BCUT2D eigenvalue weighted by Crippen LogP contribution is 2.27. The minimum atomic E-state index is -0.333. The summed E-state index contributed by atoms with van der Waals surface area (Å²) in [5.74, 6) is 0.404. The molecule has 1 heterocycles. The maximum absolute atomic E-state index is 13.1. The van der Waals surface area contributed by atoms with Gasteiger partial charge in [-0.2, -0.15) is 0 Å². The standard InChI is InChI=1S/C27H35N3O3/c1-29(23-9-4-3-5-10-23)18-21-8-6-7-11-25(21)28-27(32)22-16-26(31)30(19-22)17-20-12-14-24(33-2)15-13-20/h6-8,11-15,22-23H,3-5,9-10,16-19H2,1-2H3,(H,28,32). The lowest BCUT2D eigenvalue weighted by molar-refractivity contribution is -0.128. The predicted molar refractivity (Wildman–Crippen MR) is 130 cm³/mol. The first-order chi connectivity index (χ1) is 16.0. The molecule has 1 atom stereocenters. The Hall–Kier alpha value is -2.86. The fourth-order valence-electron chi connectivity index (χ4n) is 4.99. The molecule has 0 aromatic heterocycles. The van der Waals surface area contributed by atoms with Gasteiger partial charge in [0, 0.05) is 37.8 Å². The molecule has 2 aromatic rings. The van der Waals surface area contributed by atoms with Gasteiger partial charge in [0.15, 0.2) is 0 Å². The second kappa shape index (κ2) is 10.8. The molecule has 33 heavy (non-hydrogen) atoms. The van der Waals surface area contributed by atoms with Crippen LogP contribution in [0.2, 0.25) is 0 Å². The van der Waals surface area contributed by atoms with Crippen molar-refractivity contribution < 1.29 is 14.3 Å². The Morgan fingerprint density at radius 2 is 1.82 bits per heavy atom. The van der Waals surface area contributed by atoms with Crippen LogP contribution in [0.15, 0.2) is 48.5 Å². The van der Waals surface area contributed by atoms with E-state index in [1.165, 1.54) is 32.1 Å². The maximum atomic E-state index is 13.1. The Balaban J connectivity index is 1.35. The van der Waals surface area contributed by atoms with Crippen LogP contribution in [-0.2, 0) is 22.7 Å². The molecule has 1 saturated heterocycles. The van der Waals surface area contributed by atoms with Crippen molar-refractivity contribution in [2.24, 2.45) is 5.92 Å². The zero-order valence-corrected chi connectivity index (χ0v) is 19.8. The van der Waals surface area contributed by atoms with Crippen LogP contribution in [-0.4, -0.2) is 48.4 Å². The summed E-state index contributed by atoms with van der Waals surface area (Å²) in [6, 6.07) is 16.3. The molecule has 4 rings (SSSR count). The molecule has 1 unspecified atom stereocenters. The van der Waals surface area contributed by atoms with Gasteiger partial charge in [0.1, 0.15) is 5.75 Å². The predicted octanol–water partition coefficient (Wildman–Crippen LogP) is 4.45. The van der Waals surface area contributed by atoms with Gasteiger partial charge in [-0.15, -0.1) is 0 Å². The zero-order valence-electron chi connectivity index (χ0n) is 19.8. The van der Waals surface area contributed by atoms with Crippen molar-refractivity contribution in [3.63, 3.8) is 0 Å². The molecule has 2 fully saturated rings. The lowest BCUT2D eigenvalue weighted by Gasteiger charge is -2.31. The van der Waals surface area contributed by atoms with E-state index < -0.39 is 0 Å². The number of rotatable bonds is 8. The second-order valence-corrected chi connectivity index (χ2v) is 9.38. The smallest absolute Gasteiger partial charge is 0.229 e. The van der Waals surface area contributed by atoms with Gasteiger partial charge in [-0.25, -0.2) is 0 Å². The fourth-order valence-corrected chi connectivity index (χ4v) is 4.99. The Morgan fingerprint density at radius 3 is 2.55 bits per heavy atom. The molecule has 0 bridgehead atoms. The number of carbonyl (C=O) groups excluding carboxylic acids is 2. The molecule has 1 N–H and O–H groups in total. The van der Waals surface area contributed by atoms with E-state index in [4.69, 9.17) is 4.74 Å². The quantitative estimate of drug-likeness (QED) is 0.647.